The van der Waals surface area contributed by atoms with Crippen molar-refractivity contribution < 1.29 is 4.74 Å². The Hall–Kier alpha value is -2.08. The van der Waals surface area contributed by atoms with Gasteiger partial charge in [0.2, 0.25) is 0 Å². The van der Waals surface area contributed by atoms with Crippen molar-refractivity contribution in [1.82, 2.24) is 15.6 Å². The molecule has 0 unspecified atom stereocenters. The molecular weight excluding hydrogens is 344 g/mol. The van der Waals surface area contributed by atoms with E-state index in [9.17, 15) is 0 Å². The summed E-state index contributed by atoms with van der Waals surface area (Å²) in [5.41, 5.74) is 2.32. The first-order chi connectivity index (χ1) is 12.4. The molecule has 2 aromatic rings. The number of nitrogens with zero attached hydrogens (tertiary/aromatic N) is 2. The van der Waals surface area contributed by atoms with Crippen molar-refractivity contribution in [3.63, 3.8) is 0 Å². The molecule has 0 saturated carbocycles. The molecule has 0 atom stereocenters. The van der Waals surface area contributed by atoms with Crippen molar-refractivity contribution in [2.75, 3.05) is 26.7 Å². The number of hydrogen-bond donors (Lipinski definition) is 2. The lowest BCUT2D eigenvalue weighted by Gasteiger charge is -2.24. The summed E-state index contributed by atoms with van der Waals surface area (Å²) in [7, 11) is 1.69. The molecule has 0 aliphatic carbocycles. The average molecular weight is 375 g/mol. The third-order valence-corrected chi connectivity index (χ3v) is 5.01. The van der Waals surface area contributed by atoms with Crippen LogP contribution in [0.3, 0.4) is 0 Å². The fourth-order valence-electron chi connectivity index (χ4n) is 2.58. The van der Waals surface area contributed by atoms with Crippen LogP contribution >= 0.6 is 11.3 Å². The molecule has 2 N–H and O–H groups in total. The van der Waals surface area contributed by atoms with Gasteiger partial charge in [0.15, 0.2) is 5.96 Å². The lowest BCUT2D eigenvalue weighted by atomic mass is 9.85. The van der Waals surface area contributed by atoms with Crippen LogP contribution in [0.4, 0.5) is 0 Å². The highest BCUT2D eigenvalue weighted by molar-refractivity contribution is 7.09. The number of thiazole rings is 1. The fourth-order valence-corrected chi connectivity index (χ4v) is 3.23. The Morgan fingerprint density at radius 1 is 1.23 bits per heavy atom. The number of ether oxygens (including phenoxy) is 1. The van der Waals surface area contributed by atoms with Gasteiger partial charge in [-0.1, -0.05) is 26.0 Å². The highest BCUT2D eigenvalue weighted by atomic mass is 32.1. The number of hydrogen-bond acceptors (Lipinski definition) is 4. The van der Waals surface area contributed by atoms with Crippen molar-refractivity contribution in [1.29, 1.82) is 0 Å². The van der Waals surface area contributed by atoms with Gasteiger partial charge in [-0.3, -0.25) is 4.99 Å². The first-order valence-corrected chi connectivity index (χ1v) is 9.90. The maximum atomic E-state index is 5.24. The summed E-state index contributed by atoms with van der Waals surface area (Å²) < 4.78 is 5.24. The Labute approximate surface area is 160 Å². The van der Waals surface area contributed by atoms with E-state index >= 15 is 0 Å². The van der Waals surface area contributed by atoms with Crippen LogP contribution in [-0.4, -0.2) is 37.7 Å². The fraction of sp³-hybridized carbons (Fsp3) is 0.500. The molecule has 26 heavy (non-hydrogen) atoms. The molecule has 2 rings (SSSR count). The van der Waals surface area contributed by atoms with Gasteiger partial charge in [-0.05, 0) is 31.5 Å². The van der Waals surface area contributed by atoms with Crippen molar-refractivity contribution in [2.24, 2.45) is 4.99 Å². The topological polar surface area (TPSA) is 58.5 Å². The molecule has 0 radical (unpaired) electrons. The van der Waals surface area contributed by atoms with Gasteiger partial charge in [0, 0.05) is 30.3 Å². The highest BCUT2D eigenvalue weighted by Gasteiger charge is 2.20. The Morgan fingerprint density at radius 3 is 2.54 bits per heavy atom. The van der Waals surface area contributed by atoms with Crippen molar-refractivity contribution in [3.05, 3.63) is 45.9 Å². The number of nitrogens with one attached hydrogen (secondary N) is 2. The third kappa shape index (κ3) is 6.02. The number of aromatic nitrogens is 1. The third-order valence-electron chi connectivity index (χ3n) is 4.19. The molecule has 1 aromatic carbocycles. The van der Waals surface area contributed by atoms with E-state index in [1.807, 2.05) is 19.1 Å². The largest absolute Gasteiger partial charge is 0.497 e. The first kappa shape index (κ1) is 20.2. The van der Waals surface area contributed by atoms with Crippen LogP contribution in [0.25, 0.3) is 0 Å². The predicted octanol–water partition coefficient (Wildman–Crippen LogP) is 3.54. The van der Waals surface area contributed by atoms with Gasteiger partial charge < -0.3 is 15.4 Å². The van der Waals surface area contributed by atoms with Crippen LogP contribution in [0.5, 0.6) is 5.75 Å². The second-order valence-corrected chi connectivity index (χ2v) is 7.90. The second kappa shape index (κ2) is 9.57. The van der Waals surface area contributed by atoms with Crippen molar-refractivity contribution in [2.45, 2.75) is 39.5 Å². The van der Waals surface area contributed by atoms with E-state index in [1.165, 1.54) is 5.56 Å². The van der Waals surface area contributed by atoms with Gasteiger partial charge in [0.25, 0.3) is 0 Å². The number of benzene rings is 1. The molecule has 0 saturated heterocycles. The molecule has 6 heteroatoms. The van der Waals surface area contributed by atoms with E-state index in [1.54, 1.807) is 18.4 Å². The second-order valence-electron chi connectivity index (χ2n) is 6.84. The molecule has 0 amide bonds. The molecule has 1 aromatic heterocycles. The SMILES string of the molecule is CCNC(=NCC(C)(C)c1ccc(OC)cc1)NCCc1csc(C)n1. The van der Waals surface area contributed by atoms with Gasteiger partial charge in [0.05, 0.1) is 24.4 Å². The van der Waals surface area contributed by atoms with Crippen LogP contribution < -0.4 is 15.4 Å². The number of methoxy groups -OCH3 is 1. The standard InChI is InChI=1S/C20H30N4OS/c1-6-21-19(22-12-11-17-13-26-15(2)24-17)23-14-20(3,4)16-7-9-18(25-5)10-8-16/h7-10,13H,6,11-12,14H2,1-5H3,(H2,21,22,23). The van der Waals surface area contributed by atoms with E-state index in [0.29, 0.717) is 6.54 Å². The summed E-state index contributed by atoms with van der Waals surface area (Å²) in [6.07, 6.45) is 0.899. The van der Waals surface area contributed by atoms with E-state index in [4.69, 9.17) is 9.73 Å². The molecule has 142 valence electrons. The summed E-state index contributed by atoms with van der Waals surface area (Å²) >= 11 is 1.69. The maximum Gasteiger partial charge on any atom is 0.191 e. The number of aryl methyl sites for hydroxylation is 1. The summed E-state index contributed by atoms with van der Waals surface area (Å²) in [5, 5.41) is 9.95. The normalized spacial score (nSPS) is 12.1. The maximum absolute atomic E-state index is 5.24. The van der Waals surface area contributed by atoms with Crippen LogP contribution in [0.15, 0.2) is 34.6 Å². The number of rotatable bonds is 8. The van der Waals surface area contributed by atoms with Gasteiger partial charge >= 0.3 is 0 Å². The molecule has 1 heterocycles. The quantitative estimate of drug-likeness (QED) is 0.548. The Morgan fingerprint density at radius 2 is 1.96 bits per heavy atom. The van der Waals surface area contributed by atoms with Gasteiger partial charge in [-0.25, -0.2) is 4.98 Å². The van der Waals surface area contributed by atoms with Crippen molar-refractivity contribution >= 4 is 17.3 Å². The minimum Gasteiger partial charge on any atom is -0.497 e. The predicted molar refractivity (Wildman–Crippen MR) is 111 cm³/mol. The molecule has 0 aliphatic heterocycles. The highest BCUT2D eigenvalue weighted by Crippen LogP contribution is 2.25. The number of guanidine groups is 1. The van der Waals surface area contributed by atoms with Crippen LogP contribution in [0, 0.1) is 6.92 Å². The molecule has 5 nitrogen and oxygen atoms in total. The van der Waals surface area contributed by atoms with Gasteiger partial charge in [-0.15, -0.1) is 11.3 Å². The monoisotopic (exact) mass is 374 g/mol. The van der Waals surface area contributed by atoms with E-state index in [2.05, 4.69) is 53.9 Å². The molecule has 0 aliphatic rings. The molecular formula is C20H30N4OS. The molecule has 0 spiro atoms. The summed E-state index contributed by atoms with van der Waals surface area (Å²) in [6, 6.07) is 8.22. The summed E-state index contributed by atoms with van der Waals surface area (Å²) in [5.74, 6) is 1.72. The Balaban J connectivity index is 1.94. The van der Waals surface area contributed by atoms with E-state index in [-0.39, 0.29) is 5.41 Å². The number of aliphatic imine (C=N–C) groups is 1. The first-order valence-electron chi connectivity index (χ1n) is 9.02. The summed E-state index contributed by atoms with van der Waals surface area (Å²) in [6.45, 7) is 10.9. The summed E-state index contributed by atoms with van der Waals surface area (Å²) in [4.78, 5) is 9.29. The molecule has 0 fully saturated rings. The Kier molecular flexibility index (Phi) is 7.45. The zero-order chi connectivity index (χ0) is 19.0. The smallest absolute Gasteiger partial charge is 0.191 e. The molecule has 0 bridgehead atoms. The van der Waals surface area contributed by atoms with Crippen LogP contribution in [0.2, 0.25) is 0 Å². The lowest BCUT2D eigenvalue weighted by Crippen LogP contribution is -2.39. The van der Waals surface area contributed by atoms with Crippen molar-refractivity contribution in [3.8, 4) is 5.75 Å². The average Bonchev–Trinajstić information content (AvgIpc) is 3.05. The Bertz CT molecular complexity index is 707. The lowest BCUT2D eigenvalue weighted by molar-refractivity contribution is 0.414. The minimum atomic E-state index is -0.0549. The minimum absolute atomic E-state index is 0.0549. The van der Waals surface area contributed by atoms with Gasteiger partial charge in [-0.2, -0.15) is 0 Å². The van der Waals surface area contributed by atoms with E-state index < -0.39 is 0 Å². The zero-order valence-electron chi connectivity index (χ0n) is 16.4. The van der Waals surface area contributed by atoms with E-state index in [0.717, 1.165) is 41.9 Å². The zero-order valence-corrected chi connectivity index (χ0v) is 17.2. The van der Waals surface area contributed by atoms with Gasteiger partial charge in [0.1, 0.15) is 5.75 Å². The van der Waals surface area contributed by atoms with Crippen LogP contribution in [-0.2, 0) is 11.8 Å². The van der Waals surface area contributed by atoms with Crippen LogP contribution in [0.1, 0.15) is 37.0 Å².